The molecule has 0 aliphatic carbocycles. The number of hydrogen-bond acceptors (Lipinski definition) is 8. The van der Waals surface area contributed by atoms with Crippen LogP contribution in [-0.2, 0) is 13.2 Å². The molecule has 2 aromatic carbocycles. The van der Waals surface area contributed by atoms with Crippen molar-refractivity contribution in [2.75, 3.05) is 7.11 Å². The number of methoxy groups -OCH3 is 1. The minimum atomic E-state index is -0.528. The topological polar surface area (TPSA) is 119 Å². The summed E-state index contributed by atoms with van der Waals surface area (Å²) in [7, 11) is 1.62. The van der Waals surface area contributed by atoms with Crippen molar-refractivity contribution in [2.24, 2.45) is 0 Å². The number of nitro groups is 1. The number of ether oxygens (including phenoxy) is 3. The van der Waals surface area contributed by atoms with Crippen LogP contribution in [0.25, 0.3) is 5.69 Å². The van der Waals surface area contributed by atoms with Gasteiger partial charge < -0.3 is 24.3 Å². The lowest BCUT2D eigenvalue weighted by molar-refractivity contribution is -0.389. The molecule has 2 aromatic heterocycles. The molecule has 12 heteroatoms. The van der Waals surface area contributed by atoms with Crippen LogP contribution >= 0.6 is 0 Å². The van der Waals surface area contributed by atoms with E-state index in [-0.39, 0.29) is 24.3 Å². The van der Waals surface area contributed by atoms with Gasteiger partial charge in [0.2, 0.25) is 0 Å². The van der Waals surface area contributed by atoms with Crippen LogP contribution in [-0.4, -0.2) is 42.7 Å². The van der Waals surface area contributed by atoms with E-state index in [1.165, 1.54) is 18.3 Å². The SMILES string of the molecule is CC1Cn2cc([N+](=O)[O-])nc2O1.COc1ccc(-n2cc(COc3ccc(F)cc3)nn2)cc1. The fraction of sp³-hybridized carbons (Fsp3) is 0.227. The Hall–Kier alpha value is -4.48. The Labute approximate surface area is 193 Å². The molecule has 0 N–H and O–H groups in total. The summed E-state index contributed by atoms with van der Waals surface area (Å²) in [5, 5.41) is 18.4. The van der Waals surface area contributed by atoms with Crippen molar-refractivity contribution in [1.29, 1.82) is 0 Å². The van der Waals surface area contributed by atoms with Gasteiger partial charge >= 0.3 is 11.8 Å². The number of aromatic nitrogens is 5. The average molecular weight is 468 g/mol. The van der Waals surface area contributed by atoms with E-state index in [0.29, 0.717) is 24.0 Å². The first kappa shape index (κ1) is 22.7. The minimum Gasteiger partial charge on any atom is -0.497 e. The highest BCUT2D eigenvalue weighted by Crippen LogP contribution is 2.24. The molecule has 1 aliphatic rings. The predicted octanol–water partition coefficient (Wildman–Crippen LogP) is 3.57. The molecule has 34 heavy (non-hydrogen) atoms. The van der Waals surface area contributed by atoms with E-state index in [1.54, 1.807) is 34.7 Å². The number of rotatable bonds is 6. The van der Waals surface area contributed by atoms with Crippen molar-refractivity contribution in [3.63, 3.8) is 0 Å². The Morgan fingerprint density at radius 2 is 1.85 bits per heavy atom. The van der Waals surface area contributed by atoms with Crippen LogP contribution in [0.4, 0.5) is 10.2 Å². The molecule has 0 spiro atoms. The van der Waals surface area contributed by atoms with Gasteiger partial charge in [-0.2, -0.15) is 0 Å². The number of imidazole rings is 1. The zero-order valence-corrected chi connectivity index (χ0v) is 18.4. The Bertz CT molecular complexity index is 1230. The highest BCUT2D eigenvalue weighted by atomic mass is 19.1. The summed E-state index contributed by atoms with van der Waals surface area (Å²) in [6, 6.07) is 13.7. The molecule has 4 aromatic rings. The molecule has 3 heterocycles. The molecular weight excluding hydrogens is 447 g/mol. The number of nitrogens with zero attached hydrogens (tertiary/aromatic N) is 6. The molecule has 0 bridgehead atoms. The maximum absolute atomic E-state index is 12.8. The summed E-state index contributed by atoms with van der Waals surface area (Å²) in [6.07, 6.45) is 3.23. The van der Waals surface area contributed by atoms with Gasteiger partial charge in [-0.05, 0) is 60.4 Å². The van der Waals surface area contributed by atoms with Gasteiger partial charge in [0.05, 0.1) is 25.5 Å². The lowest BCUT2D eigenvalue weighted by atomic mass is 10.3. The predicted molar refractivity (Wildman–Crippen MR) is 118 cm³/mol. The zero-order chi connectivity index (χ0) is 24.1. The van der Waals surface area contributed by atoms with Crippen molar-refractivity contribution in [1.82, 2.24) is 24.5 Å². The third-order valence-electron chi connectivity index (χ3n) is 4.75. The Kier molecular flexibility index (Phi) is 6.67. The van der Waals surface area contributed by atoms with Crippen molar-refractivity contribution in [2.45, 2.75) is 26.2 Å². The highest BCUT2D eigenvalue weighted by Gasteiger charge is 2.28. The highest BCUT2D eigenvalue weighted by molar-refractivity contribution is 5.36. The van der Waals surface area contributed by atoms with Gasteiger partial charge in [0.1, 0.15) is 41.9 Å². The average Bonchev–Trinajstić information content (AvgIpc) is 3.54. The fourth-order valence-electron chi connectivity index (χ4n) is 3.11. The summed E-state index contributed by atoms with van der Waals surface area (Å²) >= 11 is 0. The summed E-state index contributed by atoms with van der Waals surface area (Å²) in [6.45, 7) is 2.79. The van der Waals surface area contributed by atoms with E-state index < -0.39 is 4.92 Å². The summed E-state index contributed by atoms with van der Waals surface area (Å²) < 4.78 is 31.9. The van der Waals surface area contributed by atoms with Gasteiger partial charge in [0.25, 0.3) is 0 Å². The van der Waals surface area contributed by atoms with Crippen molar-refractivity contribution < 1.29 is 23.5 Å². The second-order valence-electron chi connectivity index (χ2n) is 7.31. The molecule has 0 radical (unpaired) electrons. The van der Waals surface area contributed by atoms with Gasteiger partial charge in [-0.3, -0.25) is 4.57 Å². The number of fused-ring (bicyclic) bond motifs is 1. The van der Waals surface area contributed by atoms with Crippen LogP contribution in [0.2, 0.25) is 0 Å². The largest absolute Gasteiger partial charge is 0.497 e. The number of benzene rings is 2. The Morgan fingerprint density at radius 3 is 2.50 bits per heavy atom. The molecule has 0 amide bonds. The second kappa shape index (κ2) is 9.98. The van der Waals surface area contributed by atoms with E-state index in [1.807, 2.05) is 31.2 Å². The zero-order valence-electron chi connectivity index (χ0n) is 18.4. The first-order valence-corrected chi connectivity index (χ1v) is 10.2. The van der Waals surface area contributed by atoms with E-state index in [4.69, 9.17) is 14.2 Å². The molecule has 5 rings (SSSR count). The minimum absolute atomic E-state index is 0.0632. The van der Waals surface area contributed by atoms with Crippen LogP contribution in [0.5, 0.6) is 17.5 Å². The molecular formula is C22H21FN6O5. The van der Waals surface area contributed by atoms with Crippen molar-refractivity contribution in [3.05, 3.63) is 82.6 Å². The Morgan fingerprint density at radius 1 is 1.15 bits per heavy atom. The molecule has 1 aliphatic heterocycles. The van der Waals surface area contributed by atoms with E-state index in [2.05, 4.69) is 15.3 Å². The number of halogens is 1. The molecule has 1 atom stereocenters. The molecule has 176 valence electrons. The Balaban J connectivity index is 0.000000192. The molecule has 11 nitrogen and oxygen atoms in total. The summed E-state index contributed by atoms with van der Waals surface area (Å²) in [5.41, 5.74) is 1.56. The van der Waals surface area contributed by atoms with Gasteiger partial charge in [0, 0.05) is 4.98 Å². The standard InChI is InChI=1S/C16H14FN3O2.C6H7N3O3/c1-21-15-8-4-14(5-9-15)20-10-13(18-19-20)11-22-16-6-2-12(17)3-7-16;1-4-2-8-3-5(9(10)11)7-6(8)12-4/h2-10H,11H2,1H3;3-4H,2H2,1H3. The maximum atomic E-state index is 12.8. The van der Waals surface area contributed by atoms with Crippen molar-refractivity contribution in [3.8, 4) is 23.2 Å². The van der Waals surface area contributed by atoms with Crippen LogP contribution in [0.3, 0.4) is 0 Å². The molecule has 0 saturated heterocycles. The quantitative estimate of drug-likeness (QED) is 0.311. The monoisotopic (exact) mass is 468 g/mol. The smallest absolute Gasteiger partial charge is 0.414 e. The van der Waals surface area contributed by atoms with E-state index in [9.17, 15) is 14.5 Å². The van der Waals surface area contributed by atoms with Gasteiger partial charge in [-0.25, -0.2) is 9.07 Å². The molecule has 1 unspecified atom stereocenters. The van der Waals surface area contributed by atoms with Gasteiger partial charge in [0.15, 0.2) is 0 Å². The number of hydrogen-bond donors (Lipinski definition) is 0. The van der Waals surface area contributed by atoms with E-state index >= 15 is 0 Å². The normalized spacial score (nSPS) is 13.9. The lowest BCUT2D eigenvalue weighted by Crippen LogP contribution is -2.08. The second-order valence-corrected chi connectivity index (χ2v) is 7.31. The summed E-state index contributed by atoms with van der Waals surface area (Å²) in [4.78, 5) is 13.4. The first-order chi connectivity index (χ1) is 16.4. The van der Waals surface area contributed by atoms with Crippen LogP contribution < -0.4 is 14.2 Å². The molecule has 0 saturated carbocycles. The van der Waals surface area contributed by atoms with Crippen LogP contribution in [0.1, 0.15) is 12.6 Å². The van der Waals surface area contributed by atoms with Gasteiger partial charge in [-0.15, -0.1) is 5.10 Å². The maximum Gasteiger partial charge on any atom is 0.414 e. The lowest BCUT2D eigenvalue weighted by Gasteiger charge is -2.03. The van der Waals surface area contributed by atoms with Crippen molar-refractivity contribution >= 4 is 5.82 Å². The third-order valence-corrected chi connectivity index (χ3v) is 4.75. The first-order valence-electron chi connectivity index (χ1n) is 10.2. The summed E-state index contributed by atoms with van der Waals surface area (Å²) in [5.74, 6) is 0.916. The van der Waals surface area contributed by atoms with Gasteiger partial charge in [-0.1, -0.05) is 5.21 Å². The fourth-order valence-corrected chi connectivity index (χ4v) is 3.11. The van der Waals surface area contributed by atoms with Crippen LogP contribution in [0, 0.1) is 15.9 Å². The third kappa shape index (κ3) is 5.46. The molecule has 0 fully saturated rings. The van der Waals surface area contributed by atoms with Crippen LogP contribution in [0.15, 0.2) is 60.9 Å². The van der Waals surface area contributed by atoms with E-state index in [0.717, 1.165) is 11.4 Å².